The molecule has 0 unspecified atom stereocenters. The molecule has 1 amide bonds. The van der Waals surface area contributed by atoms with Gasteiger partial charge in [-0.15, -0.1) is 0 Å². The molecule has 3 rings (SSSR count). The minimum Gasteiger partial charge on any atom is -0.495 e. The van der Waals surface area contributed by atoms with Gasteiger partial charge >= 0.3 is 0 Å². The number of sulfonamides is 2. The fourth-order valence-corrected chi connectivity index (χ4v) is 6.41. The number of para-hydroxylation sites is 1. The Morgan fingerprint density at radius 2 is 1.78 bits per heavy atom. The molecule has 0 aromatic heterocycles. The van der Waals surface area contributed by atoms with Gasteiger partial charge in [-0.25, -0.2) is 16.8 Å². The quantitative estimate of drug-likeness (QED) is 0.545. The van der Waals surface area contributed by atoms with E-state index in [0.29, 0.717) is 23.2 Å². The zero-order valence-electron chi connectivity index (χ0n) is 17.6. The molecular weight excluding hydrogens is 522 g/mol. The highest BCUT2D eigenvalue weighted by molar-refractivity contribution is 9.10. The van der Waals surface area contributed by atoms with Crippen LogP contribution >= 0.6 is 15.9 Å². The van der Waals surface area contributed by atoms with Crippen molar-refractivity contribution in [3.05, 3.63) is 46.9 Å². The third-order valence-corrected chi connectivity index (χ3v) is 8.65. The van der Waals surface area contributed by atoms with Gasteiger partial charge in [-0.1, -0.05) is 12.1 Å². The molecule has 0 aliphatic carbocycles. The number of hydrogen-bond acceptors (Lipinski definition) is 6. The van der Waals surface area contributed by atoms with Crippen LogP contribution in [0.25, 0.3) is 0 Å². The fraction of sp³-hybridized carbons (Fsp3) is 0.350. The second kappa shape index (κ2) is 9.77. The maximum Gasteiger partial charge on any atom is 0.245 e. The van der Waals surface area contributed by atoms with Crippen molar-refractivity contribution in [2.75, 3.05) is 42.6 Å². The van der Waals surface area contributed by atoms with E-state index in [0.717, 1.165) is 23.4 Å². The summed E-state index contributed by atoms with van der Waals surface area (Å²) in [7, 11) is -6.09. The molecular formula is C20H24BrN3O6S2. The highest BCUT2D eigenvalue weighted by Gasteiger charge is 2.28. The molecule has 1 aliphatic rings. The Balaban J connectivity index is 1.88. The molecule has 1 fully saturated rings. The summed E-state index contributed by atoms with van der Waals surface area (Å²) in [6.45, 7) is 0.393. The number of benzene rings is 2. The van der Waals surface area contributed by atoms with Crippen molar-refractivity contribution in [2.24, 2.45) is 0 Å². The molecule has 174 valence electrons. The summed E-state index contributed by atoms with van der Waals surface area (Å²) in [5.41, 5.74) is 0.445. The lowest BCUT2D eigenvalue weighted by Crippen LogP contribution is -2.37. The van der Waals surface area contributed by atoms with Gasteiger partial charge in [0.1, 0.15) is 12.3 Å². The first-order valence-corrected chi connectivity index (χ1v) is 13.8. The Hall–Kier alpha value is -2.15. The number of rotatable bonds is 8. The molecule has 9 nitrogen and oxygen atoms in total. The number of anilines is 2. The Morgan fingerprint density at radius 1 is 1.12 bits per heavy atom. The number of nitrogens with zero attached hydrogens (tertiary/aromatic N) is 2. The highest BCUT2D eigenvalue weighted by Crippen LogP contribution is 2.31. The van der Waals surface area contributed by atoms with Crippen LogP contribution in [0.3, 0.4) is 0 Å². The van der Waals surface area contributed by atoms with Crippen LogP contribution in [0.5, 0.6) is 5.75 Å². The van der Waals surface area contributed by atoms with Crippen LogP contribution in [0.4, 0.5) is 11.4 Å². The van der Waals surface area contributed by atoms with Crippen LogP contribution in [0.2, 0.25) is 0 Å². The number of halogens is 1. The number of ether oxygens (including phenoxy) is 1. The van der Waals surface area contributed by atoms with Crippen LogP contribution in [-0.2, 0) is 24.8 Å². The predicted octanol–water partition coefficient (Wildman–Crippen LogP) is 2.65. The molecule has 12 heteroatoms. The summed E-state index contributed by atoms with van der Waals surface area (Å²) >= 11 is 3.30. The maximum absolute atomic E-state index is 12.9. The molecule has 1 heterocycles. The highest BCUT2D eigenvalue weighted by atomic mass is 79.9. The second-order valence-corrected chi connectivity index (χ2v) is 11.9. The lowest BCUT2D eigenvalue weighted by Gasteiger charge is -2.23. The lowest BCUT2D eigenvalue weighted by molar-refractivity contribution is -0.114. The van der Waals surface area contributed by atoms with Crippen LogP contribution < -0.4 is 14.4 Å². The van der Waals surface area contributed by atoms with E-state index in [1.165, 1.54) is 29.6 Å². The van der Waals surface area contributed by atoms with E-state index < -0.39 is 32.5 Å². The average Bonchev–Trinajstić information content (AvgIpc) is 3.28. The van der Waals surface area contributed by atoms with E-state index in [-0.39, 0.29) is 16.3 Å². The monoisotopic (exact) mass is 545 g/mol. The van der Waals surface area contributed by atoms with Crippen molar-refractivity contribution in [3.8, 4) is 5.75 Å². The van der Waals surface area contributed by atoms with E-state index >= 15 is 0 Å². The molecule has 0 spiro atoms. The predicted molar refractivity (Wildman–Crippen MR) is 126 cm³/mol. The minimum atomic E-state index is -3.78. The summed E-state index contributed by atoms with van der Waals surface area (Å²) in [6, 6.07) is 10.8. The molecule has 1 N–H and O–H groups in total. The average molecular weight is 546 g/mol. The molecule has 0 saturated carbocycles. The van der Waals surface area contributed by atoms with Crippen molar-refractivity contribution in [1.82, 2.24) is 4.31 Å². The van der Waals surface area contributed by atoms with Crippen LogP contribution in [0, 0.1) is 0 Å². The smallest absolute Gasteiger partial charge is 0.245 e. The number of hydrogen-bond donors (Lipinski definition) is 1. The van der Waals surface area contributed by atoms with E-state index in [1.807, 2.05) is 0 Å². The number of carbonyl (C=O) groups excluding carboxylic acids is 1. The summed E-state index contributed by atoms with van der Waals surface area (Å²) in [5, 5.41) is 2.59. The maximum atomic E-state index is 12.9. The first-order chi connectivity index (χ1) is 15.0. The molecule has 0 atom stereocenters. The van der Waals surface area contributed by atoms with Gasteiger partial charge in [0.05, 0.1) is 29.6 Å². The Morgan fingerprint density at radius 3 is 2.38 bits per heavy atom. The first-order valence-electron chi connectivity index (χ1n) is 9.74. The molecule has 1 saturated heterocycles. The molecule has 0 radical (unpaired) electrons. The summed E-state index contributed by atoms with van der Waals surface area (Å²) in [5.74, 6) is -0.397. The van der Waals surface area contributed by atoms with Crippen molar-refractivity contribution in [2.45, 2.75) is 17.7 Å². The van der Waals surface area contributed by atoms with Gasteiger partial charge in [-0.3, -0.25) is 9.10 Å². The van der Waals surface area contributed by atoms with E-state index in [4.69, 9.17) is 4.74 Å². The number of nitrogens with one attached hydrogen (secondary N) is 1. The van der Waals surface area contributed by atoms with Gasteiger partial charge in [-0.05, 0) is 59.1 Å². The zero-order chi connectivity index (χ0) is 23.5. The standard InChI is InChI=1S/C20H24BrN3O6S2/c1-30-19-10-9-15(32(28,29)23-11-5-6-12-23)13-17(19)22-20(25)14-24(31(2,26)27)18-8-4-3-7-16(18)21/h3-4,7-10,13H,5-6,11-12,14H2,1-2H3,(H,22,25). The Labute approximate surface area is 196 Å². The number of amides is 1. The summed E-state index contributed by atoms with van der Waals surface area (Å²) < 4.78 is 58.6. The van der Waals surface area contributed by atoms with Crippen molar-refractivity contribution >= 4 is 53.3 Å². The SMILES string of the molecule is COc1ccc(S(=O)(=O)N2CCCC2)cc1NC(=O)CN(c1ccccc1Br)S(C)(=O)=O. The van der Waals surface area contributed by atoms with Gasteiger partial charge in [0.15, 0.2) is 0 Å². The number of carbonyl (C=O) groups is 1. The second-order valence-electron chi connectivity index (χ2n) is 7.24. The van der Waals surface area contributed by atoms with Gasteiger partial charge in [0.2, 0.25) is 26.0 Å². The van der Waals surface area contributed by atoms with Gasteiger partial charge in [-0.2, -0.15) is 4.31 Å². The number of methoxy groups -OCH3 is 1. The van der Waals surface area contributed by atoms with Crippen molar-refractivity contribution < 1.29 is 26.4 Å². The van der Waals surface area contributed by atoms with Crippen molar-refractivity contribution in [3.63, 3.8) is 0 Å². The van der Waals surface area contributed by atoms with Crippen LogP contribution in [0.1, 0.15) is 12.8 Å². The third-order valence-electron chi connectivity index (χ3n) is 4.96. The zero-order valence-corrected chi connectivity index (χ0v) is 20.8. The Kier molecular flexibility index (Phi) is 7.48. The van der Waals surface area contributed by atoms with E-state index in [2.05, 4.69) is 21.2 Å². The normalized spacial score (nSPS) is 14.8. The minimum absolute atomic E-state index is 0.0290. The first kappa shape index (κ1) is 24.5. The fourth-order valence-electron chi connectivity index (χ4n) is 3.38. The molecule has 1 aliphatic heterocycles. The third kappa shape index (κ3) is 5.42. The van der Waals surface area contributed by atoms with Gasteiger partial charge < -0.3 is 10.1 Å². The Bertz CT molecular complexity index is 1210. The molecule has 0 bridgehead atoms. The van der Waals surface area contributed by atoms with Gasteiger partial charge in [0.25, 0.3) is 0 Å². The summed E-state index contributed by atoms with van der Waals surface area (Å²) in [4.78, 5) is 12.8. The molecule has 2 aromatic rings. The topological polar surface area (TPSA) is 113 Å². The summed E-state index contributed by atoms with van der Waals surface area (Å²) in [6.07, 6.45) is 2.61. The molecule has 2 aromatic carbocycles. The largest absolute Gasteiger partial charge is 0.495 e. The van der Waals surface area contributed by atoms with Crippen LogP contribution in [0.15, 0.2) is 51.8 Å². The lowest BCUT2D eigenvalue weighted by atomic mass is 10.3. The van der Waals surface area contributed by atoms with Gasteiger partial charge in [0, 0.05) is 17.6 Å². The van der Waals surface area contributed by atoms with E-state index in [1.54, 1.807) is 24.3 Å². The van der Waals surface area contributed by atoms with Crippen molar-refractivity contribution in [1.29, 1.82) is 0 Å². The molecule has 32 heavy (non-hydrogen) atoms. The van der Waals surface area contributed by atoms with Crippen LogP contribution in [-0.4, -0.2) is 60.0 Å². The van der Waals surface area contributed by atoms with E-state index in [9.17, 15) is 21.6 Å².